The van der Waals surface area contributed by atoms with E-state index in [1.807, 2.05) is 0 Å². The van der Waals surface area contributed by atoms with Gasteiger partial charge in [-0.3, -0.25) is 14.4 Å². The third-order valence-electron chi connectivity index (χ3n) is 4.89. The molecular weight excluding hydrogens is 444 g/mol. The number of carbonyl (C=O) groups excluding carboxylic acids is 3. The van der Waals surface area contributed by atoms with Gasteiger partial charge in [-0.1, -0.05) is 26.0 Å². The Bertz CT molecular complexity index is 887. The Morgan fingerprint density at radius 1 is 1.18 bits per heavy atom. The van der Waals surface area contributed by atoms with Gasteiger partial charge in [0, 0.05) is 44.6 Å². The van der Waals surface area contributed by atoms with E-state index in [9.17, 15) is 19.5 Å². The van der Waals surface area contributed by atoms with Crippen molar-refractivity contribution in [2.75, 3.05) is 32.1 Å². The van der Waals surface area contributed by atoms with Crippen molar-refractivity contribution in [1.29, 1.82) is 0 Å². The van der Waals surface area contributed by atoms with Gasteiger partial charge in [0.25, 0.3) is 0 Å². The van der Waals surface area contributed by atoms with Crippen LogP contribution >= 0.6 is 11.3 Å². The fourth-order valence-corrected chi connectivity index (χ4v) is 3.67. The number of nitrogens with one attached hydrogen (secondary N) is 2. The van der Waals surface area contributed by atoms with Gasteiger partial charge in [-0.05, 0) is 30.0 Å². The molecule has 0 bridgehead atoms. The van der Waals surface area contributed by atoms with Crippen LogP contribution in [0.25, 0.3) is 0 Å². The number of thiazole rings is 1. The summed E-state index contributed by atoms with van der Waals surface area (Å²) in [6.07, 6.45) is 2.27. The molecule has 1 aromatic heterocycles. The number of aromatic hydroxyl groups is 1. The average molecular weight is 477 g/mol. The number of phenols is 1. The van der Waals surface area contributed by atoms with Gasteiger partial charge < -0.3 is 25.4 Å². The van der Waals surface area contributed by atoms with Gasteiger partial charge in [0.15, 0.2) is 5.13 Å². The molecule has 0 aliphatic heterocycles. The van der Waals surface area contributed by atoms with E-state index in [2.05, 4.69) is 29.5 Å². The minimum Gasteiger partial charge on any atom is -0.508 e. The standard InChI is InChI=1S/C23H32N4O5S/c1-16(2)10-11-24-22(31)21(17-4-6-18(28)7-5-17)27(13-14-32-3)20(30)9-8-19(29)26-23-25-12-15-33-23/h4-7,12,15-16,21,28H,8-11,13-14H2,1-3H3,(H,24,31)(H,25,26,29)/t21-/m0/s1. The van der Waals surface area contributed by atoms with E-state index in [1.54, 1.807) is 23.7 Å². The first-order valence-corrected chi connectivity index (χ1v) is 11.7. The van der Waals surface area contributed by atoms with E-state index in [4.69, 9.17) is 4.74 Å². The van der Waals surface area contributed by atoms with Gasteiger partial charge in [-0.25, -0.2) is 4.98 Å². The van der Waals surface area contributed by atoms with E-state index >= 15 is 0 Å². The first-order valence-electron chi connectivity index (χ1n) is 10.9. The maximum atomic E-state index is 13.2. The number of phenolic OH excluding ortho intramolecular Hbond substituents is 1. The number of aromatic nitrogens is 1. The number of benzene rings is 1. The summed E-state index contributed by atoms with van der Waals surface area (Å²) in [5.74, 6) is -0.518. The van der Waals surface area contributed by atoms with Crippen molar-refractivity contribution in [3.8, 4) is 5.75 Å². The molecule has 0 aliphatic carbocycles. The highest BCUT2D eigenvalue weighted by atomic mass is 32.1. The zero-order chi connectivity index (χ0) is 24.2. The third kappa shape index (κ3) is 8.82. The molecule has 2 rings (SSSR count). The summed E-state index contributed by atoms with van der Waals surface area (Å²) >= 11 is 1.29. The van der Waals surface area contributed by atoms with Crippen LogP contribution in [0.4, 0.5) is 5.13 Å². The second-order valence-corrected chi connectivity index (χ2v) is 8.83. The number of hydrogen-bond acceptors (Lipinski definition) is 7. The number of hydrogen-bond donors (Lipinski definition) is 3. The molecule has 10 heteroatoms. The molecule has 2 aromatic rings. The Kier molecular flexibility index (Phi) is 10.8. The average Bonchev–Trinajstić information content (AvgIpc) is 3.28. The van der Waals surface area contributed by atoms with Crippen molar-refractivity contribution in [3.63, 3.8) is 0 Å². The number of methoxy groups -OCH3 is 1. The van der Waals surface area contributed by atoms with Crippen LogP contribution in [0.1, 0.15) is 44.7 Å². The molecule has 180 valence electrons. The SMILES string of the molecule is COCCN(C(=O)CCC(=O)Nc1nccs1)[C@H](C(=O)NCCC(C)C)c1ccc(O)cc1. The molecule has 0 unspecified atom stereocenters. The van der Waals surface area contributed by atoms with Gasteiger partial charge in [0.2, 0.25) is 17.7 Å². The van der Waals surface area contributed by atoms with Crippen LogP contribution in [0, 0.1) is 5.92 Å². The fourth-order valence-electron chi connectivity index (χ4n) is 3.13. The summed E-state index contributed by atoms with van der Waals surface area (Å²) in [4.78, 5) is 44.0. The smallest absolute Gasteiger partial charge is 0.247 e. The number of amides is 3. The van der Waals surface area contributed by atoms with E-state index in [-0.39, 0.29) is 49.5 Å². The molecule has 0 saturated carbocycles. The van der Waals surface area contributed by atoms with Crippen molar-refractivity contribution in [2.24, 2.45) is 5.92 Å². The lowest BCUT2D eigenvalue weighted by molar-refractivity contribution is -0.142. The largest absolute Gasteiger partial charge is 0.508 e. The topological polar surface area (TPSA) is 121 Å². The van der Waals surface area contributed by atoms with Crippen LogP contribution in [0.5, 0.6) is 5.75 Å². The predicted octanol–water partition coefficient (Wildman–Crippen LogP) is 2.95. The quantitative estimate of drug-likeness (QED) is 0.409. The van der Waals surface area contributed by atoms with Crippen molar-refractivity contribution < 1.29 is 24.2 Å². The highest BCUT2D eigenvalue weighted by Crippen LogP contribution is 2.25. The number of rotatable bonds is 13. The van der Waals surface area contributed by atoms with E-state index in [0.29, 0.717) is 23.2 Å². The third-order valence-corrected chi connectivity index (χ3v) is 5.58. The molecule has 0 radical (unpaired) electrons. The maximum Gasteiger partial charge on any atom is 0.247 e. The van der Waals surface area contributed by atoms with E-state index in [0.717, 1.165) is 6.42 Å². The van der Waals surface area contributed by atoms with Crippen molar-refractivity contribution >= 4 is 34.2 Å². The minimum atomic E-state index is -0.914. The summed E-state index contributed by atoms with van der Waals surface area (Å²) < 4.78 is 5.16. The monoisotopic (exact) mass is 476 g/mol. The molecule has 1 heterocycles. The number of nitrogens with zero attached hydrogens (tertiary/aromatic N) is 2. The molecule has 3 amide bonds. The van der Waals surface area contributed by atoms with Gasteiger partial charge in [-0.15, -0.1) is 11.3 Å². The van der Waals surface area contributed by atoms with Crippen LogP contribution in [0.2, 0.25) is 0 Å². The predicted molar refractivity (Wildman–Crippen MR) is 127 cm³/mol. The summed E-state index contributed by atoms with van der Waals surface area (Å²) in [6, 6.07) is 5.27. The maximum absolute atomic E-state index is 13.2. The first-order chi connectivity index (χ1) is 15.8. The van der Waals surface area contributed by atoms with Crippen LogP contribution in [-0.2, 0) is 19.1 Å². The Morgan fingerprint density at radius 2 is 1.91 bits per heavy atom. The summed E-state index contributed by atoms with van der Waals surface area (Å²) in [5, 5.41) is 17.4. The molecule has 1 aromatic carbocycles. The molecule has 0 aliphatic rings. The number of ether oxygens (including phenoxy) is 1. The zero-order valence-electron chi connectivity index (χ0n) is 19.2. The summed E-state index contributed by atoms with van der Waals surface area (Å²) in [7, 11) is 1.52. The van der Waals surface area contributed by atoms with Crippen LogP contribution < -0.4 is 10.6 Å². The molecular formula is C23H32N4O5S. The number of carbonyl (C=O) groups is 3. The highest BCUT2D eigenvalue weighted by molar-refractivity contribution is 7.13. The lowest BCUT2D eigenvalue weighted by atomic mass is 10.0. The second-order valence-electron chi connectivity index (χ2n) is 7.93. The molecule has 1 atom stereocenters. The lowest BCUT2D eigenvalue weighted by Gasteiger charge is -2.31. The first kappa shape index (κ1) is 26.3. The highest BCUT2D eigenvalue weighted by Gasteiger charge is 2.31. The van der Waals surface area contributed by atoms with Crippen molar-refractivity contribution in [3.05, 3.63) is 41.4 Å². The van der Waals surface area contributed by atoms with Crippen LogP contribution in [-0.4, -0.2) is 59.5 Å². The lowest BCUT2D eigenvalue weighted by Crippen LogP contribution is -2.45. The van der Waals surface area contributed by atoms with Gasteiger partial charge in [-0.2, -0.15) is 0 Å². The Balaban J connectivity index is 2.18. The van der Waals surface area contributed by atoms with E-state index in [1.165, 1.54) is 35.5 Å². The Labute approximate surface area is 198 Å². The normalized spacial score (nSPS) is 11.8. The molecule has 0 spiro atoms. The molecule has 0 fully saturated rings. The Morgan fingerprint density at radius 3 is 2.52 bits per heavy atom. The van der Waals surface area contributed by atoms with E-state index < -0.39 is 6.04 Å². The van der Waals surface area contributed by atoms with Crippen molar-refractivity contribution in [1.82, 2.24) is 15.2 Å². The van der Waals surface area contributed by atoms with Gasteiger partial charge in [0.1, 0.15) is 11.8 Å². The molecule has 33 heavy (non-hydrogen) atoms. The number of anilines is 1. The van der Waals surface area contributed by atoms with Crippen LogP contribution in [0.15, 0.2) is 35.8 Å². The second kappa shape index (κ2) is 13.5. The zero-order valence-corrected chi connectivity index (χ0v) is 20.1. The van der Waals surface area contributed by atoms with Crippen molar-refractivity contribution in [2.45, 2.75) is 39.2 Å². The fraction of sp³-hybridized carbons (Fsp3) is 0.478. The minimum absolute atomic E-state index is 0.0425. The van der Waals surface area contributed by atoms with Gasteiger partial charge in [0.05, 0.1) is 6.61 Å². The molecule has 9 nitrogen and oxygen atoms in total. The summed E-state index contributed by atoms with van der Waals surface area (Å²) in [6.45, 7) is 5.01. The van der Waals surface area contributed by atoms with Crippen LogP contribution in [0.3, 0.4) is 0 Å². The molecule has 0 saturated heterocycles. The molecule has 3 N–H and O–H groups in total. The Hall–Kier alpha value is -2.98. The van der Waals surface area contributed by atoms with Gasteiger partial charge >= 0.3 is 0 Å². The summed E-state index contributed by atoms with van der Waals surface area (Å²) in [5.41, 5.74) is 0.562.